The van der Waals surface area contributed by atoms with Crippen molar-refractivity contribution in [3.8, 4) is 0 Å². The smallest absolute Gasteiger partial charge is 0.240 e. The lowest BCUT2D eigenvalue weighted by atomic mass is 10.0. The Bertz CT molecular complexity index is 742. The summed E-state index contributed by atoms with van der Waals surface area (Å²) >= 11 is 0. The van der Waals surface area contributed by atoms with Gasteiger partial charge >= 0.3 is 0 Å². The fourth-order valence-corrected chi connectivity index (χ4v) is 4.38. The van der Waals surface area contributed by atoms with E-state index in [2.05, 4.69) is 32.2 Å². The summed E-state index contributed by atoms with van der Waals surface area (Å²) in [5.74, 6) is 0.759. The Morgan fingerprint density at radius 3 is 2.72 bits per heavy atom. The Hall–Kier alpha value is -0.910. The van der Waals surface area contributed by atoms with Gasteiger partial charge in [-0.3, -0.25) is 4.90 Å². The maximum Gasteiger partial charge on any atom is 0.240 e. The molecule has 0 aliphatic carbocycles. The van der Waals surface area contributed by atoms with Crippen molar-refractivity contribution in [3.05, 3.63) is 29.8 Å². The van der Waals surface area contributed by atoms with Gasteiger partial charge in [-0.25, -0.2) is 18.1 Å². The third kappa shape index (κ3) is 8.39. The number of piperidine rings is 1. The molecule has 29 heavy (non-hydrogen) atoms. The fourth-order valence-electron chi connectivity index (χ4n) is 3.58. The standard InChI is InChI=1S/C20H35N5O2S.HI/c1-4-18-10-6-7-13-25(18)14-12-23-20(22-5-2)24-16-17-9-8-11-19(15-17)28(26,27)21-3;/h8-9,11,15,18,21H,4-7,10,12-14,16H2,1-3H3,(H2,22,23,24);1H. The number of rotatable bonds is 9. The van der Waals surface area contributed by atoms with Gasteiger partial charge in [0.1, 0.15) is 0 Å². The van der Waals surface area contributed by atoms with Gasteiger partial charge in [0.25, 0.3) is 0 Å². The van der Waals surface area contributed by atoms with Crippen LogP contribution in [0.25, 0.3) is 0 Å². The van der Waals surface area contributed by atoms with E-state index >= 15 is 0 Å². The largest absolute Gasteiger partial charge is 0.357 e. The van der Waals surface area contributed by atoms with Crippen molar-refractivity contribution in [2.24, 2.45) is 4.99 Å². The lowest BCUT2D eigenvalue weighted by Gasteiger charge is -2.35. The molecule has 1 saturated heterocycles. The molecule has 0 bridgehead atoms. The van der Waals surface area contributed by atoms with Crippen molar-refractivity contribution in [3.63, 3.8) is 0 Å². The van der Waals surface area contributed by atoms with Crippen LogP contribution in [-0.2, 0) is 16.6 Å². The molecule has 1 aromatic carbocycles. The second-order valence-corrected chi connectivity index (χ2v) is 8.96. The van der Waals surface area contributed by atoms with E-state index in [1.54, 1.807) is 18.2 Å². The third-order valence-corrected chi connectivity index (χ3v) is 6.57. The van der Waals surface area contributed by atoms with Gasteiger partial charge in [0.2, 0.25) is 10.0 Å². The van der Waals surface area contributed by atoms with Crippen LogP contribution in [0.1, 0.15) is 45.1 Å². The molecule has 2 rings (SSSR count). The lowest BCUT2D eigenvalue weighted by molar-refractivity contribution is 0.147. The lowest BCUT2D eigenvalue weighted by Crippen LogP contribution is -2.45. The van der Waals surface area contributed by atoms with Crippen molar-refractivity contribution >= 4 is 40.0 Å². The average Bonchev–Trinajstić information content (AvgIpc) is 2.72. The van der Waals surface area contributed by atoms with Crippen LogP contribution in [0.5, 0.6) is 0 Å². The predicted octanol–water partition coefficient (Wildman–Crippen LogP) is 2.53. The van der Waals surface area contributed by atoms with E-state index in [4.69, 9.17) is 0 Å². The van der Waals surface area contributed by atoms with Crippen LogP contribution < -0.4 is 15.4 Å². The van der Waals surface area contributed by atoms with Crippen LogP contribution in [0.3, 0.4) is 0 Å². The Morgan fingerprint density at radius 1 is 1.24 bits per heavy atom. The molecule has 166 valence electrons. The van der Waals surface area contributed by atoms with E-state index < -0.39 is 10.0 Å². The maximum absolute atomic E-state index is 12.0. The Balaban J connectivity index is 0.00000420. The van der Waals surface area contributed by atoms with Crippen molar-refractivity contribution in [1.29, 1.82) is 0 Å². The molecule has 0 spiro atoms. The molecule has 0 saturated carbocycles. The summed E-state index contributed by atoms with van der Waals surface area (Å²) in [7, 11) is -2.02. The summed E-state index contributed by atoms with van der Waals surface area (Å²) in [6.45, 7) is 8.54. The van der Waals surface area contributed by atoms with Gasteiger partial charge in [0.05, 0.1) is 11.4 Å². The molecule has 0 amide bonds. The highest BCUT2D eigenvalue weighted by atomic mass is 127. The summed E-state index contributed by atoms with van der Waals surface area (Å²) in [5.41, 5.74) is 0.857. The number of hydrogen-bond acceptors (Lipinski definition) is 4. The molecule has 1 unspecified atom stereocenters. The fraction of sp³-hybridized carbons (Fsp3) is 0.650. The zero-order valence-corrected chi connectivity index (χ0v) is 20.9. The molecule has 3 N–H and O–H groups in total. The molecular formula is C20H36IN5O2S. The third-order valence-electron chi connectivity index (χ3n) is 5.15. The molecule has 0 aromatic heterocycles. The van der Waals surface area contributed by atoms with Crippen LogP contribution in [0.15, 0.2) is 34.2 Å². The minimum absolute atomic E-state index is 0. The number of benzene rings is 1. The minimum atomic E-state index is -3.44. The second-order valence-electron chi connectivity index (χ2n) is 7.07. The van der Waals surface area contributed by atoms with E-state index in [1.807, 2.05) is 13.0 Å². The monoisotopic (exact) mass is 537 g/mol. The van der Waals surface area contributed by atoms with Crippen molar-refractivity contribution in [2.45, 2.75) is 57.0 Å². The highest BCUT2D eigenvalue weighted by Crippen LogP contribution is 2.18. The van der Waals surface area contributed by atoms with Gasteiger partial charge in [-0.2, -0.15) is 0 Å². The van der Waals surface area contributed by atoms with Gasteiger partial charge in [-0.05, 0) is 57.5 Å². The highest BCUT2D eigenvalue weighted by Gasteiger charge is 2.20. The summed E-state index contributed by atoms with van der Waals surface area (Å²) in [5, 5.41) is 6.67. The second kappa shape index (κ2) is 13.4. The molecule has 0 radical (unpaired) electrons. The topological polar surface area (TPSA) is 85.8 Å². The summed E-state index contributed by atoms with van der Waals surface area (Å²) in [4.78, 5) is 7.45. The summed E-state index contributed by atoms with van der Waals surface area (Å²) < 4.78 is 26.3. The number of aliphatic imine (C=N–C) groups is 1. The minimum Gasteiger partial charge on any atom is -0.357 e. The SMILES string of the molecule is CCNC(=NCc1cccc(S(=O)(=O)NC)c1)NCCN1CCCCC1CC.I. The van der Waals surface area contributed by atoms with Gasteiger partial charge in [0.15, 0.2) is 5.96 Å². The molecule has 1 aliphatic rings. The molecule has 1 fully saturated rings. The summed E-state index contributed by atoms with van der Waals surface area (Å²) in [6.07, 6.45) is 5.14. The van der Waals surface area contributed by atoms with Crippen LogP contribution in [0.4, 0.5) is 0 Å². The van der Waals surface area contributed by atoms with Gasteiger partial charge < -0.3 is 10.6 Å². The first-order chi connectivity index (χ1) is 13.5. The number of sulfonamides is 1. The van der Waals surface area contributed by atoms with E-state index in [1.165, 1.54) is 39.3 Å². The Morgan fingerprint density at radius 2 is 2.03 bits per heavy atom. The van der Waals surface area contributed by atoms with E-state index in [-0.39, 0.29) is 28.9 Å². The van der Waals surface area contributed by atoms with Crippen LogP contribution in [-0.4, -0.2) is 58.5 Å². The zero-order chi connectivity index (χ0) is 20.4. The van der Waals surface area contributed by atoms with Crippen LogP contribution >= 0.6 is 24.0 Å². The normalized spacial score (nSPS) is 18.2. The predicted molar refractivity (Wildman–Crippen MR) is 130 cm³/mol. The van der Waals surface area contributed by atoms with Crippen molar-refractivity contribution in [1.82, 2.24) is 20.3 Å². The molecule has 1 heterocycles. The number of hydrogen-bond donors (Lipinski definition) is 3. The quantitative estimate of drug-likeness (QED) is 0.256. The first-order valence-electron chi connectivity index (χ1n) is 10.3. The van der Waals surface area contributed by atoms with Crippen molar-refractivity contribution in [2.75, 3.05) is 33.2 Å². The molecule has 7 nitrogen and oxygen atoms in total. The van der Waals surface area contributed by atoms with Gasteiger partial charge in [0, 0.05) is 25.7 Å². The number of guanidine groups is 1. The Labute approximate surface area is 193 Å². The van der Waals surface area contributed by atoms with Crippen LogP contribution in [0, 0.1) is 0 Å². The van der Waals surface area contributed by atoms with E-state index in [0.29, 0.717) is 12.6 Å². The Kier molecular flexibility index (Phi) is 12.1. The maximum atomic E-state index is 12.0. The molecule has 1 atom stereocenters. The van der Waals surface area contributed by atoms with Gasteiger partial charge in [-0.1, -0.05) is 25.5 Å². The highest BCUT2D eigenvalue weighted by molar-refractivity contribution is 14.0. The summed E-state index contributed by atoms with van der Waals surface area (Å²) in [6, 6.07) is 7.59. The first-order valence-corrected chi connectivity index (χ1v) is 11.8. The average molecular weight is 538 g/mol. The van der Waals surface area contributed by atoms with Crippen LogP contribution in [0.2, 0.25) is 0 Å². The molecule has 1 aromatic rings. The molecular weight excluding hydrogens is 501 g/mol. The number of nitrogens with one attached hydrogen (secondary N) is 3. The zero-order valence-electron chi connectivity index (χ0n) is 17.8. The van der Waals surface area contributed by atoms with E-state index in [9.17, 15) is 8.42 Å². The van der Waals surface area contributed by atoms with Crippen molar-refractivity contribution < 1.29 is 8.42 Å². The van der Waals surface area contributed by atoms with E-state index in [0.717, 1.165) is 31.2 Å². The first kappa shape index (κ1) is 26.1. The number of halogens is 1. The number of likely N-dealkylation sites (tertiary alicyclic amines) is 1. The molecule has 1 aliphatic heterocycles. The number of nitrogens with zero attached hydrogens (tertiary/aromatic N) is 2. The van der Waals surface area contributed by atoms with Gasteiger partial charge in [-0.15, -0.1) is 24.0 Å². The molecule has 9 heteroatoms.